The Morgan fingerprint density at radius 1 is 1.40 bits per heavy atom. The number of carboxylic acids is 1. The summed E-state index contributed by atoms with van der Waals surface area (Å²) in [6, 6.07) is 6.25. The van der Waals surface area contributed by atoms with Crippen molar-refractivity contribution in [1.29, 1.82) is 0 Å². The van der Waals surface area contributed by atoms with Crippen LogP contribution in [0.5, 0.6) is 0 Å². The van der Waals surface area contributed by atoms with Crippen LogP contribution in [0.25, 0.3) is 10.9 Å². The molecular weight excluding hydrogens is 276 g/mol. The minimum atomic E-state index is -1.00. The fraction of sp³-hybridized carbons (Fsp3) is 0.286. The van der Waals surface area contributed by atoms with E-state index in [2.05, 4.69) is 10.3 Å². The summed E-state index contributed by atoms with van der Waals surface area (Å²) in [5.74, 6) is -0.676. The molecule has 20 heavy (non-hydrogen) atoms. The molecule has 2 aromatic rings. The van der Waals surface area contributed by atoms with Gasteiger partial charge in [0.25, 0.3) is 5.91 Å². The monoisotopic (exact) mass is 292 g/mol. The van der Waals surface area contributed by atoms with Gasteiger partial charge in [-0.15, -0.1) is 0 Å². The Balaban J connectivity index is 2.10. The van der Waals surface area contributed by atoms with Crippen molar-refractivity contribution in [2.45, 2.75) is 12.5 Å². The van der Waals surface area contributed by atoms with E-state index in [1.807, 2.05) is 18.4 Å². The minimum Gasteiger partial charge on any atom is -0.480 e. The van der Waals surface area contributed by atoms with Gasteiger partial charge in [0, 0.05) is 22.7 Å². The largest absolute Gasteiger partial charge is 0.480 e. The normalized spacial score (nSPS) is 12.2. The first kappa shape index (κ1) is 14.5. The summed E-state index contributed by atoms with van der Waals surface area (Å²) < 4.78 is 0. The zero-order valence-electron chi connectivity index (χ0n) is 11.1. The van der Waals surface area contributed by atoms with Gasteiger partial charge in [-0.05, 0) is 42.7 Å². The van der Waals surface area contributed by atoms with Crippen LogP contribution in [-0.4, -0.2) is 40.0 Å². The summed E-state index contributed by atoms with van der Waals surface area (Å²) in [5.41, 5.74) is 1.41. The number of thioether (sulfide) groups is 1. The molecule has 0 spiro atoms. The molecule has 0 saturated heterocycles. The molecule has 1 aromatic heterocycles. The minimum absolute atomic E-state index is 0.360. The molecule has 0 unspecified atom stereocenters. The molecule has 0 aliphatic rings. The van der Waals surface area contributed by atoms with Crippen molar-refractivity contribution in [3.05, 3.63) is 36.0 Å². The summed E-state index contributed by atoms with van der Waals surface area (Å²) >= 11 is 1.55. The van der Waals surface area contributed by atoms with Crippen molar-refractivity contribution < 1.29 is 14.7 Å². The number of amides is 1. The van der Waals surface area contributed by atoms with Gasteiger partial charge in [0.05, 0.1) is 0 Å². The van der Waals surface area contributed by atoms with Crippen molar-refractivity contribution in [2.24, 2.45) is 0 Å². The van der Waals surface area contributed by atoms with Gasteiger partial charge in [-0.2, -0.15) is 11.8 Å². The Morgan fingerprint density at radius 2 is 2.20 bits per heavy atom. The Kier molecular flexibility index (Phi) is 4.68. The molecule has 1 amide bonds. The van der Waals surface area contributed by atoms with E-state index < -0.39 is 12.0 Å². The molecule has 6 heteroatoms. The highest BCUT2D eigenvalue weighted by Crippen LogP contribution is 2.14. The van der Waals surface area contributed by atoms with Crippen molar-refractivity contribution in [3.8, 4) is 0 Å². The van der Waals surface area contributed by atoms with Gasteiger partial charge in [-0.25, -0.2) is 4.79 Å². The topological polar surface area (TPSA) is 82.2 Å². The Morgan fingerprint density at radius 3 is 2.90 bits per heavy atom. The summed E-state index contributed by atoms with van der Waals surface area (Å²) in [6.45, 7) is 0. The van der Waals surface area contributed by atoms with E-state index in [9.17, 15) is 9.59 Å². The lowest BCUT2D eigenvalue weighted by Gasteiger charge is -2.14. The second-order valence-electron chi connectivity index (χ2n) is 4.43. The predicted octanol–water partition coefficient (Wildman–Crippen LogP) is 2.10. The van der Waals surface area contributed by atoms with Crippen LogP contribution in [-0.2, 0) is 4.79 Å². The van der Waals surface area contributed by atoms with Gasteiger partial charge in [-0.1, -0.05) is 0 Å². The molecule has 1 aromatic carbocycles. The molecule has 0 aliphatic heterocycles. The summed E-state index contributed by atoms with van der Waals surface area (Å²) in [6.07, 6.45) is 4.11. The second kappa shape index (κ2) is 6.47. The first-order valence-corrected chi connectivity index (χ1v) is 7.61. The Hall–Kier alpha value is -1.95. The van der Waals surface area contributed by atoms with E-state index in [0.29, 0.717) is 17.7 Å². The van der Waals surface area contributed by atoms with Crippen molar-refractivity contribution in [1.82, 2.24) is 10.3 Å². The number of carbonyl (C=O) groups is 2. The maximum Gasteiger partial charge on any atom is 0.326 e. The SMILES string of the molecule is CSCC[C@H](NC(=O)c1ccc2[nH]ccc2c1)C(=O)O. The molecule has 0 saturated carbocycles. The average molecular weight is 292 g/mol. The van der Waals surface area contributed by atoms with Gasteiger partial charge < -0.3 is 15.4 Å². The third-order valence-electron chi connectivity index (χ3n) is 3.03. The first-order valence-electron chi connectivity index (χ1n) is 6.21. The Bertz CT molecular complexity index is 624. The quantitative estimate of drug-likeness (QED) is 0.761. The number of nitrogens with one attached hydrogen (secondary N) is 2. The summed E-state index contributed by atoms with van der Waals surface area (Å²) in [7, 11) is 0. The number of benzene rings is 1. The van der Waals surface area contributed by atoms with Crippen LogP contribution in [0.2, 0.25) is 0 Å². The number of hydrogen-bond acceptors (Lipinski definition) is 3. The number of fused-ring (bicyclic) bond motifs is 1. The molecule has 0 fully saturated rings. The molecule has 1 atom stereocenters. The molecule has 1 heterocycles. The number of H-pyrrole nitrogens is 1. The van der Waals surface area contributed by atoms with Crippen LogP contribution in [0.3, 0.4) is 0 Å². The van der Waals surface area contributed by atoms with Crippen molar-refractivity contribution >= 4 is 34.5 Å². The highest BCUT2D eigenvalue weighted by Gasteiger charge is 2.20. The zero-order valence-corrected chi connectivity index (χ0v) is 11.9. The number of carbonyl (C=O) groups excluding carboxylic acids is 1. The smallest absolute Gasteiger partial charge is 0.326 e. The van der Waals surface area contributed by atoms with Crippen LogP contribution in [0.4, 0.5) is 0 Å². The number of hydrogen-bond donors (Lipinski definition) is 3. The number of aromatic nitrogens is 1. The van der Waals surface area contributed by atoms with E-state index in [1.54, 1.807) is 30.1 Å². The molecule has 106 valence electrons. The fourth-order valence-corrected chi connectivity index (χ4v) is 2.40. The maximum absolute atomic E-state index is 12.1. The van der Waals surface area contributed by atoms with Gasteiger partial charge in [0.2, 0.25) is 0 Å². The number of carboxylic acid groups (broad SMARTS) is 1. The highest BCUT2D eigenvalue weighted by molar-refractivity contribution is 7.98. The lowest BCUT2D eigenvalue weighted by Crippen LogP contribution is -2.41. The van der Waals surface area contributed by atoms with E-state index in [4.69, 9.17) is 5.11 Å². The van der Waals surface area contributed by atoms with Crippen LogP contribution < -0.4 is 5.32 Å². The van der Waals surface area contributed by atoms with E-state index in [0.717, 1.165) is 10.9 Å². The molecule has 2 rings (SSSR count). The second-order valence-corrected chi connectivity index (χ2v) is 5.41. The molecular formula is C14H16N2O3S. The third kappa shape index (κ3) is 3.33. The van der Waals surface area contributed by atoms with Gasteiger partial charge in [0.15, 0.2) is 0 Å². The third-order valence-corrected chi connectivity index (χ3v) is 3.67. The zero-order chi connectivity index (χ0) is 14.5. The average Bonchev–Trinajstić information content (AvgIpc) is 2.90. The lowest BCUT2D eigenvalue weighted by atomic mass is 10.1. The van der Waals surface area contributed by atoms with E-state index in [-0.39, 0.29) is 5.91 Å². The molecule has 0 radical (unpaired) electrons. The molecule has 5 nitrogen and oxygen atoms in total. The fourth-order valence-electron chi connectivity index (χ4n) is 1.93. The van der Waals surface area contributed by atoms with Crippen molar-refractivity contribution in [3.63, 3.8) is 0 Å². The standard InChI is InChI=1S/C14H16N2O3S/c1-20-7-5-12(14(18)19)16-13(17)10-2-3-11-9(8-10)4-6-15-11/h2-4,6,8,12,15H,5,7H2,1H3,(H,16,17)(H,18,19)/t12-/m0/s1. The molecule has 0 bridgehead atoms. The number of aromatic amines is 1. The van der Waals surface area contributed by atoms with Crippen LogP contribution >= 0.6 is 11.8 Å². The van der Waals surface area contributed by atoms with Gasteiger partial charge in [0.1, 0.15) is 6.04 Å². The van der Waals surface area contributed by atoms with E-state index >= 15 is 0 Å². The summed E-state index contributed by atoms with van der Waals surface area (Å²) in [4.78, 5) is 26.3. The van der Waals surface area contributed by atoms with Crippen LogP contribution in [0.15, 0.2) is 30.5 Å². The number of rotatable bonds is 6. The predicted molar refractivity (Wildman–Crippen MR) is 80.2 cm³/mol. The number of aliphatic carboxylic acids is 1. The lowest BCUT2D eigenvalue weighted by molar-refractivity contribution is -0.139. The highest BCUT2D eigenvalue weighted by atomic mass is 32.2. The van der Waals surface area contributed by atoms with Crippen molar-refractivity contribution in [2.75, 3.05) is 12.0 Å². The van der Waals surface area contributed by atoms with Gasteiger partial charge in [-0.3, -0.25) is 4.79 Å². The first-order chi connectivity index (χ1) is 9.61. The maximum atomic E-state index is 12.1. The van der Waals surface area contributed by atoms with Crippen LogP contribution in [0, 0.1) is 0 Å². The van der Waals surface area contributed by atoms with Crippen LogP contribution in [0.1, 0.15) is 16.8 Å². The summed E-state index contributed by atoms with van der Waals surface area (Å²) in [5, 5.41) is 12.6. The molecule has 0 aliphatic carbocycles. The molecule has 3 N–H and O–H groups in total. The Labute approximate surface area is 120 Å². The van der Waals surface area contributed by atoms with E-state index in [1.165, 1.54) is 0 Å². The van der Waals surface area contributed by atoms with Gasteiger partial charge >= 0.3 is 5.97 Å².